The number of anilines is 1. The number of ether oxygens (including phenoxy) is 1. The number of ketones is 1. The average Bonchev–Trinajstić information content (AvgIpc) is 2.84. The van der Waals surface area contributed by atoms with Crippen molar-refractivity contribution in [3.8, 4) is 5.75 Å². The maximum absolute atomic E-state index is 12.9. The third-order valence-corrected chi connectivity index (χ3v) is 3.64. The summed E-state index contributed by atoms with van der Waals surface area (Å²) in [5.41, 5.74) is 8.49. The van der Waals surface area contributed by atoms with Crippen LogP contribution in [0.3, 0.4) is 0 Å². The fraction of sp³-hybridized carbons (Fsp3) is 0.118. The van der Waals surface area contributed by atoms with Gasteiger partial charge in [0.2, 0.25) is 0 Å². The minimum absolute atomic E-state index is 0.0871. The van der Waals surface area contributed by atoms with Crippen LogP contribution in [-0.2, 0) is 7.05 Å². The van der Waals surface area contributed by atoms with E-state index in [0.717, 1.165) is 10.9 Å². The summed E-state index contributed by atoms with van der Waals surface area (Å²) in [5.74, 6) is 0.339. The number of hydrogen-bond acceptors (Lipinski definition) is 3. The molecule has 0 radical (unpaired) electrons. The Bertz CT molecular complexity index is 834. The van der Waals surface area contributed by atoms with E-state index in [4.69, 9.17) is 10.5 Å². The number of para-hydroxylation sites is 2. The van der Waals surface area contributed by atoms with Gasteiger partial charge in [-0.1, -0.05) is 24.3 Å². The Morgan fingerprint density at radius 1 is 1.10 bits per heavy atom. The molecule has 0 aliphatic rings. The summed E-state index contributed by atoms with van der Waals surface area (Å²) in [6.45, 7) is 0. The molecule has 21 heavy (non-hydrogen) atoms. The fourth-order valence-corrected chi connectivity index (χ4v) is 2.63. The van der Waals surface area contributed by atoms with E-state index in [2.05, 4.69) is 0 Å². The molecule has 0 aliphatic carbocycles. The molecule has 3 rings (SSSR count). The normalized spacial score (nSPS) is 10.8. The Kier molecular flexibility index (Phi) is 3.14. The van der Waals surface area contributed by atoms with Crippen molar-refractivity contribution in [1.29, 1.82) is 0 Å². The number of fused-ring (bicyclic) bond motifs is 1. The lowest BCUT2D eigenvalue weighted by Crippen LogP contribution is -2.05. The van der Waals surface area contributed by atoms with Crippen LogP contribution in [0.2, 0.25) is 0 Å². The second-order valence-electron chi connectivity index (χ2n) is 4.93. The lowest BCUT2D eigenvalue weighted by molar-refractivity contribution is 0.103. The molecule has 0 spiro atoms. The van der Waals surface area contributed by atoms with E-state index in [1.54, 1.807) is 18.2 Å². The summed E-state index contributed by atoms with van der Waals surface area (Å²) in [4.78, 5) is 12.9. The van der Waals surface area contributed by atoms with Gasteiger partial charge in [-0.2, -0.15) is 0 Å². The average molecular weight is 280 g/mol. The van der Waals surface area contributed by atoms with E-state index in [-0.39, 0.29) is 5.78 Å². The van der Waals surface area contributed by atoms with Crippen molar-refractivity contribution in [3.63, 3.8) is 0 Å². The molecule has 0 aliphatic heterocycles. The van der Waals surface area contributed by atoms with Crippen molar-refractivity contribution in [2.45, 2.75) is 0 Å². The molecule has 0 atom stereocenters. The van der Waals surface area contributed by atoms with Gasteiger partial charge in [-0.15, -0.1) is 0 Å². The smallest absolute Gasteiger partial charge is 0.198 e. The number of carbonyl (C=O) groups excluding carboxylic acids is 1. The Balaban J connectivity index is 2.20. The van der Waals surface area contributed by atoms with E-state index in [1.807, 2.05) is 42.1 Å². The first-order valence-corrected chi connectivity index (χ1v) is 6.64. The lowest BCUT2D eigenvalue weighted by atomic mass is 10.0. The number of benzene rings is 2. The van der Waals surface area contributed by atoms with Crippen molar-refractivity contribution in [2.24, 2.45) is 7.05 Å². The van der Waals surface area contributed by atoms with Crippen LogP contribution >= 0.6 is 0 Å². The largest absolute Gasteiger partial charge is 0.494 e. The number of aryl methyl sites for hydroxylation is 1. The van der Waals surface area contributed by atoms with E-state index in [9.17, 15) is 4.79 Å². The van der Waals surface area contributed by atoms with Crippen molar-refractivity contribution in [3.05, 3.63) is 59.8 Å². The predicted molar refractivity (Wildman–Crippen MR) is 83.8 cm³/mol. The van der Waals surface area contributed by atoms with Gasteiger partial charge in [0.1, 0.15) is 0 Å². The second kappa shape index (κ2) is 4.98. The van der Waals surface area contributed by atoms with Crippen LogP contribution in [0.25, 0.3) is 10.9 Å². The topological polar surface area (TPSA) is 57.2 Å². The van der Waals surface area contributed by atoms with Crippen LogP contribution in [0.15, 0.2) is 48.7 Å². The van der Waals surface area contributed by atoms with Crippen LogP contribution in [-0.4, -0.2) is 17.5 Å². The zero-order valence-electron chi connectivity index (χ0n) is 12.0. The molecule has 0 fully saturated rings. The van der Waals surface area contributed by atoms with Gasteiger partial charge in [-0.3, -0.25) is 4.79 Å². The van der Waals surface area contributed by atoms with E-state index in [1.165, 1.54) is 7.11 Å². The van der Waals surface area contributed by atoms with Gasteiger partial charge in [-0.05, 0) is 18.2 Å². The van der Waals surface area contributed by atoms with Gasteiger partial charge in [0.25, 0.3) is 0 Å². The van der Waals surface area contributed by atoms with Gasteiger partial charge in [0.15, 0.2) is 11.5 Å². The summed E-state index contributed by atoms with van der Waals surface area (Å²) in [6.07, 6.45) is 1.84. The zero-order chi connectivity index (χ0) is 15.0. The Morgan fingerprint density at radius 3 is 2.62 bits per heavy atom. The number of rotatable bonds is 3. The number of hydrogen-bond donors (Lipinski definition) is 1. The first-order chi connectivity index (χ1) is 10.1. The molecule has 0 amide bonds. The number of nitrogens with two attached hydrogens (primary N) is 1. The van der Waals surface area contributed by atoms with Crippen LogP contribution in [0.4, 0.5) is 5.69 Å². The molecule has 0 bridgehead atoms. The molecule has 4 nitrogen and oxygen atoms in total. The minimum atomic E-state index is -0.0871. The van der Waals surface area contributed by atoms with Crippen LogP contribution in [0, 0.1) is 0 Å². The molecule has 0 saturated heterocycles. The van der Waals surface area contributed by atoms with E-state index < -0.39 is 0 Å². The molecule has 0 unspecified atom stereocenters. The molecule has 2 N–H and O–H groups in total. The molecule has 2 aromatic carbocycles. The van der Waals surface area contributed by atoms with Crippen molar-refractivity contribution in [2.75, 3.05) is 12.8 Å². The Morgan fingerprint density at radius 2 is 1.86 bits per heavy atom. The SMILES string of the molecule is COc1c(N)cccc1C(=O)c1cn(C)c2ccccc12. The number of nitrogen functional groups attached to an aromatic ring is 1. The fourth-order valence-electron chi connectivity index (χ4n) is 2.63. The van der Waals surface area contributed by atoms with Gasteiger partial charge in [0, 0.05) is 29.7 Å². The van der Waals surface area contributed by atoms with Gasteiger partial charge in [-0.25, -0.2) is 0 Å². The van der Waals surface area contributed by atoms with Gasteiger partial charge < -0.3 is 15.0 Å². The first kappa shape index (κ1) is 13.2. The third-order valence-electron chi connectivity index (χ3n) is 3.64. The Hall–Kier alpha value is -2.75. The van der Waals surface area contributed by atoms with E-state index in [0.29, 0.717) is 22.6 Å². The minimum Gasteiger partial charge on any atom is -0.494 e. The maximum atomic E-state index is 12.9. The van der Waals surface area contributed by atoms with Crippen LogP contribution < -0.4 is 10.5 Å². The van der Waals surface area contributed by atoms with Crippen molar-refractivity contribution < 1.29 is 9.53 Å². The molecule has 3 aromatic rings. The molecule has 106 valence electrons. The number of aromatic nitrogens is 1. The Labute approximate surface area is 122 Å². The van der Waals surface area contributed by atoms with Gasteiger partial charge in [0.05, 0.1) is 18.4 Å². The molecule has 1 aromatic heterocycles. The summed E-state index contributed by atoms with van der Waals surface area (Å²) in [5, 5.41) is 0.925. The van der Waals surface area contributed by atoms with Crippen molar-refractivity contribution >= 4 is 22.4 Å². The highest BCUT2D eigenvalue weighted by atomic mass is 16.5. The summed E-state index contributed by atoms with van der Waals surface area (Å²) >= 11 is 0. The third kappa shape index (κ3) is 2.05. The molecular weight excluding hydrogens is 264 g/mol. The standard InChI is InChI=1S/C17H16N2O2/c1-19-10-13(11-6-3-4-9-15(11)19)16(20)12-7-5-8-14(18)17(12)21-2/h3-10H,18H2,1-2H3. The van der Waals surface area contributed by atoms with Crippen molar-refractivity contribution in [1.82, 2.24) is 4.57 Å². The summed E-state index contributed by atoms with van der Waals surface area (Å²) in [7, 11) is 3.45. The second-order valence-corrected chi connectivity index (χ2v) is 4.93. The highest BCUT2D eigenvalue weighted by molar-refractivity contribution is 6.18. The van der Waals surface area contributed by atoms with Gasteiger partial charge >= 0.3 is 0 Å². The molecular formula is C17H16N2O2. The highest BCUT2D eigenvalue weighted by Gasteiger charge is 2.20. The number of carbonyl (C=O) groups is 1. The summed E-state index contributed by atoms with van der Waals surface area (Å²) in [6, 6.07) is 13.0. The predicted octanol–water partition coefficient (Wildman–Crippen LogP) is 3.00. The maximum Gasteiger partial charge on any atom is 0.198 e. The molecule has 1 heterocycles. The lowest BCUT2D eigenvalue weighted by Gasteiger charge is -2.09. The van der Waals surface area contributed by atoms with Crippen LogP contribution in [0.1, 0.15) is 15.9 Å². The highest BCUT2D eigenvalue weighted by Crippen LogP contribution is 2.30. The summed E-state index contributed by atoms with van der Waals surface area (Å²) < 4.78 is 7.23. The molecule has 0 saturated carbocycles. The van der Waals surface area contributed by atoms with E-state index >= 15 is 0 Å². The molecule has 4 heteroatoms. The quantitative estimate of drug-likeness (QED) is 0.592. The zero-order valence-corrected chi connectivity index (χ0v) is 12.0. The monoisotopic (exact) mass is 280 g/mol. The number of methoxy groups -OCH3 is 1. The number of nitrogens with zero attached hydrogens (tertiary/aromatic N) is 1. The van der Waals surface area contributed by atoms with Crippen LogP contribution in [0.5, 0.6) is 5.75 Å². The first-order valence-electron chi connectivity index (χ1n) is 6.64.